The summed E-state index contributed by atoms with van der Waals surface area (Å²) < 4.78 is 0. The Kier molecular flexibility index (Phi) is 4.30. The van der Waals surface area contributed by atoms with E-state index in [9.17, 15) is 14.4 Å². The van der Waals surface area contributed by atoms with Crippen molar-refractivity contribution in [2.45, 2.75) is 26.3 Å². The van der Waals surface area contributed by atoms with Crippen molar-refractivity contribution in [3.05, 3.63) is 46.5 Å². The van der Waals surface area contributed by atoms with Gasteiger partial charge in [-0.1, -0.05) is 29.8 Å². The van der Waals surface area contributed by atoms with Crippen molar-refractivity contribution in [2.75, 3.05) is 11.9 Å². The summed E-state index contributed by atoms with van der Waals surface area (Å²) in [6.07, 6.45) is 1.64. The van der Waals surface area contributed by atoms with Crippen LogP contribution in [0.2, 0.25) is 0 Å². The number of hydrogen-bond acceptors (Lipinski definition) is 5. The number of nitrogens with zero attached hydrogens (tertiary/aromatic N) is 2. The molecule has 3 rings (SSSR count). The Bertz CT molecular complexity index is 846. The van der Waals surface area contributed by atoms with Gasteiger partial charge in [0.15, 0.2) is 5.13 Å². The van der Waals surface area contributed by atoms with Crippen molar-refractivity contribution < 1.29 is 14.4 Å². The second kappa shape index (κ2) is 6.29. The molecule has 0 radical (unpaired) electrons. The standard InChI is InChI=1S/C17H18N4O3S/c1-10-4-6-12(7-5-10)17(3)14(23)21(16(24)20-17)9-13(22)19-15-18-8-11(2)25-15/h4-8H,9H2,1-3H3,(H,20,24)(H,18,19,22). The fraction of sp³-hybridized carbons (Fsp3) is 0.294. The summed E-state index contributed by atoms with van der Waals surface area (Å²) in [7, 11) is 0. The summed E-state index contributed by atoms with van der Waals surface area (Å²) >= 11 is 1.33. The molecule has 7 nitrogen and oxygen atoms in total. The first kappa shape index (κ1) is 17.1. The molecule has 1 aliphatic rings. The third kappa shape index (κ3) is 3.25. The summed E-state index contributed by atoms with van der Waals surface area (Å²) in [5.41, 5.74) is 0.553. The van der Waals surface area contributed by atoms with Gasteiger partial charge in [-0.15, -0.1) is 11.3 Å². The molecule has 2 heterocycles. The van der Waals surface area contributed by atoms with Crippen LogP contribution in [0.3, 0.4) is 0 Å². The molecule has 8 heteroatoms. The fourth-order valence-electron chi connectivity index (χ4n) is 2.64. The van der Waals surface area contributed by atoms with Gasteiger partial charge in [-0.05, 0) is 26.3 Å². The van der Waals surface area contributed by atoms with E-state index in [1.807, 2.05) is 26.0 Å². The summed E-state index contributed by atoms with van der Waals surface area (Å²) in [4.78, 5) is 43.1. The van der Waals surface area contributed by atoms with Crippen LogP contribution in [0.1, 0.15) is 22.9 Å². The van der Waals surface area contributed by atoms with Crippen LogP contribution >= 0.6 is 11.3 Å². The quantitative estimate of drug-likeness (QED) is 0.820. The number of anilines is 1. The van der Waals surface area contributed by atoms with Crippen LogP contribution < -0.4 is 10.6 Å². The SMILES string of the molecule is Cc1ccc(C2(C)NC(=O)N(CC(=O)Nc3ncc(C)s3)C2=O)cc1. The summed E-state index contributed by atoms with van der Waals surface area (Å²) in [6, 6.07) is 6.77. The molecule has 1 atom stereocenters. The first-order valence-corrected chi connectivity index (χ1v) is 8.55. The smallest absolute Gasteiger partial charge is 0.319 e. The zero-order valence-corrected chi connectivity index (χ0v) is 14.9. The average molecular weight is 358 g/mol. The number of aromatic nitrogens is 1. The highest BCUT2D eigenvalue weighted by Crippen LogP contribution is 2.29. The number of thiazole rings is 1. The number of aryl methyl sites for hydroxylation is 2. The number of urea groups is 1. The largest absolute Gasteiger partial charge is 0.325 e. The van der Waals surface area contributed by atoms with E-state index >= 15 is 0 Å². The van der Waals surface area contributed by atoms with Crippen molar-refractivity contribution >= 4 is 34.3 Å². The molecule has 1 aliphatic heterocycles. The van der Waals surface area contributed by atoms with E-state index in [2.05, 4.69) is 15.6 Å². The van der Waals surface area contributed by atoms with Gasteiger partial charge in [0, 0.05) is 11.1 Å². The van der Waals surface area contributed by atoms with E-state index in [4.69, 9.17) is 0 Å². The predicted molar refractivity (Wildman–Crippen MR) is 94.3 cm³/mol. The van der Waals surface area contributed by atoms with E-state index in [-0.39, 0.29) is 6.54 Å². The molecule has 2 aromatic rings. The van der Waals surface area contributed by atoms with Crippen LogP contribution in [0.5, 0.6) is 0 Å². The van der Waals surface area contributed by atoms with Crippen LogP contribution in [0, 0.1) is 13.8 Å². The number of benzene rings is 1. The summed E-state index contributed by atoms with van der Waals surface area (Å²) in [5.74, 6) is -0.919. The lowest BCUT2D eigenvalue weighted by atomic mass is 9.91. The molecule has 0 aliphatic carbocycles. The third-order valence-electron chi connectivity index (χ3n) is 4.07. The topological polar surface area (TPSA) is 91.4 Å². The van der Waals surface area contributed by atoms with Crippen LogP contribution in [0.25, 0.3) is 0 Å². The van der Waals surface area contributed by atoms with Gasteiger partial charge in [0.2, 0.25) is 5.91 Å². The molecule has 4 amide bonds. The Morgan fingerprint density at radius 3 is 2.56 bits per heavy atom. The lowest BCUT2D eigenvalue weighted by molar-refractivity contribution is -0.133. The van der Waals surface area contributed by atoms with E-state index in [1.165, 1.54) is 11.3 Å². The van der Waals surface area contributed by atoms with Crippen LogP contribution in [0.15, 0.2) is 30.5 Å². The Morgan fingerprint density at radius 1 is 1.28 bits per heavy atom. The van der Waals surface area contributed by atoms with Crippen molar-refractivity contribution in [2.24, 2.45) is 0 Å². The van der Waals surface area contributed by atoms with E-state index in [0.717, 1.165) is 15.3 Å². The van der Waals surface area contributed by atoms with Crippen LogP contribution in [-0.4, -0.2) is 34.3 Å². The number of hydrogen-bond donors (Lipinski definition) is 2. The molecular formula is C17H18N4O3S. The maximum atomic E-state index is 12.8. The van der Waals surface area contributed by atoms with Gasteiger partial charge in [-0.3, -0.25) is 14.5 Å². The number of carbonyl (C=O) groups is 3. The number of nitrogens with one attached hydrogen (secondary N) is 2. The highest BCUT2D eigenvalue weighted by atomic mass is 32.1. The van der Waals surface area contributed by atoms with Crippen molar-refractivity contribution in [1.29, 1.82) is 0 Å². The minimum Gasteiger partial charge on any atom is -0.319 e. The van der Waals surface area contributed by atoms with Gasteiger partial charge < -0.3 is 10.6 Å². The highest BCUT2D eigenvalue weighted by molar-refractivity contribution is 7.15. The number of amides is 4. The minimum absolute atomic E-state index is 0.356. The summed E-state index contributed by atoms with van der Waals surface area (Å²) in [5, 5.41) is 5.72. The van der Waals surface area contributed by atoms with E-state index in [1.54, 1.807) is 25.3 Å². The maximum Gasteiger partial charge on any atom is 0.325 e. The molecule has 0 bridgehead atoms. The minimum atomic E-state index is -1.18. The number of imide groups is 1. The Morgan fingerprint density at radius 2 is 1.96 bits per heavy atom. The molecule has 1 fully saturated rings. The maximum absolute atomic E-state index is 12.8. The van der Waals surface area contributed by atoms with E-state index < -0.39 is 23.4 Å². The van der Waals surface area contributed by atoms with Gasteiger partial charge in [0.25, 0.3) is 5.91 Å². The number of carbonyl (C=O) groups excluding carboxylic acids is 3. The van der Waals surface area contributed by atoms with Gasteiger partial charge >= 0.3 is 6.03 Å². The third-order valence-corrected chi connectivity index (χ3v) is 4.90. The molecular weight excluding hydrogens is 340 g/mol. The summed E-state index contributed by atoms with van der Waals surface area (Å²) in [6.45, 7) is 5.10. The van der Waals surface area contributed by atoms with Gasteiger partial charge in [-0.25, -0.2) is 9.78 Å². The molecule has 2 N–H and O–H groups in total. The second-order valence-corrected chi connectivity index (χ2v) is 7.37. The fourth-order valence-corrected chi connectivity index (χ4v) is 3.32. The van der Waals surface area contributed by atoms with Gasteiger partial charge in [0.05, 0.1) is 0 Å². The van der Waals surface area contributed by atoms with Crippen LogP contribution in [-0.2, 0) is 15.1 Å². The zero-order valence-electron chi connectivity index (χ0n) is 14.1. The molecule has 0 spiro atoms. The highest BCUT2D eigenvalue weighted by Gasteiger charge is 2.49. The predicted octanol–water partition coefficient (Wildman–Crippen LogP) is 2.17. The van der Waals surface area contributed by atoms with Crippen molar-refractivity contribution in [1.82, 2.24) is 15.2 Å². The van der Waals surface area contributed by atoms with E-state index in [0.29, 0.717) is 10.7 Å². The monoisotopic (exact) mass is 358 g/mol. The molecule has 0 saturated carbocycles. The number of rotatable bonds is 4. The molecule has 1 saturated heterocycles. The molecule has 130 valence electrons. The Balaban J connectivity index is 1.74. The molecule has 1 aromatic heterocycles. The lowest BCUT2D eigenvalue weighted by Crippen LogP contribution is -2.42. The molecule has 1 aromatic carbocycles. The zero-order chi connectivity index (χ0) is 18.2. The Hall–Kier alpha value is -2.74. The normalized spacial score (nSPS) is 19.9. The molecule has 1 unspecified atom stereocenters. The van der Waals surface area contributed by atoms with Crippen molar-refractivity contribution in [3.63, 3.8) is 0 Å². The average Bonchev–Trinajstić information content (AvgIpc) is 3.05. The second-order valence-electron chi connectivity index (χ2n) is 6.14. The first-order chi connectivity index (χ1) is 11.8. The van der Waals surface area contributed by atoms with Gasteiger partial charge in [0.1, 0.15) is 12.1 Å². The van der Waals surface area contributed by atoms with Gasteiger partial charge in [-0.2, -0.15) is 0 Å². The molecule has 25 heavy (non-hydrogen) atoms. The van der Waals surface area contributed by atoms with Crippen molar-refractivity contribution in [3.8, 4) is 0 Å². The lowest BCUT2D eigenvalue weighted by Gasteiger charge is -2.22. The first-order valence-electron chi connectivity index (χ1n) is 7.73. The van der Waals surface area contributed by atoms with Crippen LogP contribution in [0.4, 0.5) is 9.93 Å². The Labute approximate surface area is 149 Å².